The number of hydrogen-bond acceptors (Lipinski definition) is 9. The van der Waals surface area contributed by atoms with Gasteiger partial charge >= 0.3 is 5.97 Å². The molecular formula is C30H40N2O8. The van der Waals surface area contributed by atoms with Crippen LogP contribution in [0.4, 0.5) is 0 Å². The molecule has 1 aliphatic heterocycles. The highest BCUT2D eigenvalue weighted by molar-refractivity contribution is 6.01. The number of ether oxygens (including phenoxy) is 5. The van der Waals surface area contributed by atoms with Gasteiger partial charge in [-0.05, 0) is 64.4 Å². The van der Waals surface area contributed by atoms with Crippen molar-refractivity contribution in [1.29, 1.82) is 0 Å². The van der Waals surface area contributed by atoms with E-state index in [1.807, 2.05) is 12.1 Å². The standard InChI is InChI=1S/C30H40N2O8/c1-20-30(16-15-25(34)40-29(2,3)4,28(35)31-19-22-9-7-10-24(36-5)26(22)37-6)32-27(39-20)21-11-13-23(14-12-21)38-18-8-17-33/h7,9-14,20,33H,8,15-19H2,1-6H3,(H,31,35)/t20-,30-/m1/s1. The van der Waals surface area contributed by atoms with E-state index in [0.29, 0.717) is 41.7 Å². The Morgan fingerprint density at radius 1 is 1.10 bits per heavy atom. The molecule has 0 unspecified atom stereocenters. The summed E-state index contributed by atoms with van der Waals surface area (Å²) in [6.07, 6.45) is -0.0465. The molecule has 218 valence electrons. The largest absolute Gasteiger partial charge is 0.494 e. The minimum atomic E-state index is -1.37. The van der Waals surface area contributed by atoms with E-state index in [1.54, 1.807) is 65.1 Å². The normalized spacial score (nSPS) is 18.4. The summed E-state index contributed by atoms with van der Waals surface area (Å²) in [4.78, 5) is 31.2. The topological polar surface area (TPSA) is 125 Å². The molecular weight excluding hydrogens is 516 g/mol. The molecule has 0 spiro atoms. The van der Waals surface area contributed by atoms with Gasteiger partial charge in [-0.15, -0.1) is 0 Å². The summed E-state index contributed by atoms with van der Waals surface area (Å²) in [6, 6.07) is 12.6. The van der Waals surface area contributed by atoms with Crippen molar-refractivity contribution < 1.29 is 38.4 Å². The van der Waals surface area contributed by atoms with E-state index >= 15 is 0 Å². The zero-order chi connectivity index (χ0) is 29.3. The Labute approximate surface area is 235 Å². The predicted octanol–water partition coefficient (Wildman–Crippen LogP) is 3.81. The molecule has 0 saturated heterocycles. The number of para-hydroxylation sites is 1. The average Bonchev–Trinajstić information content (AvgIpc) is 3.26. The fourth-order valence-corrected chi connectivity index (χ4v) is 4.36. The molecule has 1 amide bonds. The Hall–Kier alpha value is -3.79. The molecule has 0 aromatic heterocycles. The van der Waals surface area contributed by atoms with Gasteiger partial charge < -0.3 is 34.1 Å². The van der Waals surface area contributed by atoms with Crippen molar-refractivity contribution in [3.8, 4) is 17.2 Å². The molecule has 0 radical (unpaired) electrons. The smallest absolute Gasteiger partial charge is 0.306 e. The first-order valence-electron chi connectivity index (χ1n) is 13.3. The molecule has 0 saturated carbocycles. The van der Waals surface area contributed by atoms with Crippen LogP contribution in [0.3, 0.4) is 0 Å². The van der Waals surface area contributed by atoms with Gasteiger partial charge in [-0.1, -0.05) is 12.1 Å². The molecule has 2 aromatic carbocycles. The molecule has 1 aliphatic rings. The van der Waals surface area contributed by atoms with Crippen LogP contribution >= 0.6 is 0 Å². The lowest BCUT2D eigenvalue weighted by Gasteiger charge is -2.28. The first kappa shape index (κ1) is 30.7. The maximum atomic E-state index is 13.8. The third-order valence-electron chi connectivity index (χ3n) is 6.38. The van der Waals surface area contributed by atoms with Gasteiger partial charge in [-0.3, -0.25) is 9.59 Å². The highest BCUT2D eigenvalue weighted by atomic mass is 16.6. The van der Waals surface area contributed by atoms with Gasteiger partial charge in [0.2, 0.25) is 5.90 Å². The summed E-state index contributed by atoms with van der Waals surface area (Å²) < 4.78 is 28.1. The molecule has 0 aliphatic carbocycles. The second-order valence-electron chi connectivity index (χ2n) is 10.5. The van der Waals surface area contributed by atoms with Crippen LogP contribution in [-0.2, 0) is 25.6 Å². The lowest BCUT2D eigenvalue weighted by Crippen LogP contribution is -2.51. The van der Waals surface area contributed by atoms with Gasteiger partial charge in [0, 0.05) is 37.1 Å². The average molecular weight is 557 g/mol. The highest BCUT2D eigenvalue weighted by Gasteiger charge is 2.50. The minimum Gasteiger partial charge on any atom is -0.494 e. The number of aliphatic hydroxyl groups excluding tert-OH is 1. The molecule has 1 heterocycles. The zero-order valence-corrected chi connectivity index (χ0v) is 24.1. The zero-order valence-electron chi connectivity index (χ0n) is 24.1. The first-order valence-corrected chi connectivity index (χ1v) is 13.3. The summed E-state index contributed by atoms with van der Waals surface area (Å²) in [5.74, 6) is 1.21. The number of rotatable bonds is 13. The highest BCUT2D eigenvalue weighted by Crippen LogP contribution is 2.35. The fraction of sp³-hybridized carbons (Fsp3) is 0.500. The number of aliphatic imine (C=N–C) groups is 1. The van der Waals surface area contributed by atoms with Crippen LogP contribution in [0.25, 0.3) is 0 Å². The maximum Gasteiger partial charge on any atom is 0.306 e. The van der Waals surface area contributed by atoms with E-state index < -0.39 is 23.2 Å². The molecule has 3 rings (SSSR count). The van der Waals surface area contributed by atoms with Crippen molar-refractivity contribution in [1.82, 2.24) is 5.32 Å². The molecule has 2 N–H and O–H groups in total. The predicted molar refractivity (Wildman–Crippen MR) is 150 cm³/mol. The SMILES string of the molecule is COc1cccc(CNC(=O)[C@]2(CCC(=O)OC(C)(C)C)N=C(c3ccc(OCCCO)cc3)O[C@@H]2C)c1OC. The van der Waals surface area contributed by atoms with Crippen molar-refractivity contribution in [2.75, 3.05) is 27.4 Å². The van der Waals surface area contributed by atoms with Crippen LogP contribution < -0.4 is 19.5 Å². The van der Waals surface area contributed by atoms with Gasteiger partial charge in [-0.25, -0.2) is 4.99 Å². The lowest BCUT2D eigenvalue weighted by molar-refractivity contribution is -0.155. The molecule has 0 bridgehead atoms. The number of aliphatic hydroxyl groups is 1. The quantitative estimate of drug-likeness (QED) is 0.282. The van der Waals surface area contributed by atoms with E-state index in [-0.39, 0.29) is 31.9 Å². The van der Waals surface area contributed by atoms with Gasteiger partial charge in [0.25, 0.3) is 5.91 Å². The van der Waals surface area contributed by atoms with Gasteiger partial charge in [0.15, 0.2) is 17.0 Å². The molecule has 2 atom stereocenters. The number of esters is 1. The molecule has 10 nitrogen and oxygen atoms in total. The van der Waals surface area contributed by atoms with Crippen LogP contribution in [-0.4, -0.2) is 67.6 Å². The second-order valence-corrected chi connectivity index (χ2v) is 10.5. The lowest BCUT2D eigenvalue weighted by atomic mass is 9.87. The number of nitrogens with zero attached hydrogens (tertiary/aromatic N) is 1. The van der Waals surface area contributed by atoms with Crippen molar-refractivity contribution in [3.05, 3.63) is 53.6 Å². The number of nitrogens with one attached hydrogen (secondary N) is 1. The van der Waals surface area contributed by atoms with E-state index in [0.717, 1.165) is 5.56 Å². The number of methoxy groups -OCH3 is 2. The summed E-state index contributed by atoms with van der Waals surface area (Å²) in [5, 5.41) is 11.9. The number of hydrogen-bond donors (Lipinski definition) is 2. The second kappa shape index (κ2) is 13.5. The van der Waals surface area contributed by atoms with Crippen molar-refractivity contribution in [2.24, 2.45) is 4.99 Å². The molecule has 10 heteroatoms. The monoisotopic (exact) mass is 556 g/mol. The van der Waals surface area contributed by atoms with Crippen LogP contribution in [0.5, 0.6) is 17.2 Å². The van der Waals surface area contributed by atoms with Gasteiger partial charge in [0.05, 0.1) is 20.8 Å². The first-order chi connectivity index (χ1) is 19.0. The maximum absolute atomic E-state index is 13.8. The number of carbonyl (C=O) groups is 2. The van der Waals surface area contributed by atoms with Crippen LogP contribution in [0.15, 0.2) is 47.5 Å². The number of amides is 1. The van der Waals surface area contributed by atoms with Crippen molar-refractivity contribution in [2.45, 2.75) is 70.7 Å². The Morgan fingerprint density at radius 2 is 1.82 bits per heavy atom. The summed E-state index contributed by atoms with van der Waals surface area (Å²) in [5.41, 5.74) is -0.620. The van der Waals surface area contributed by atoms with E-state index in [4.69, 9.17) is 33.8 Å². The molecule has 0 fully saturated rings. The third kappa shape index (κ3) is 7.65. The van der Waals surface area contributed by atoms with Gasteiger partial charge in [-0.2, -0.15) is 0 Å². The van der Waals surface area contributed by atoms with Crippen LogP contribution in [0, 0.1) is 0 Å². The Kier molecular flexibility index (Phi) is 10.4. The van der Waals surface area contributed by atoms with E-state index in [2.05, 4.69) is 5.32 Å². The number of benzene rings is 2. The summed E-state index contributed by atoms with van der Waals surface area (Å²) >= 11 is 0. The Balaban J connectivity index is 1.86. The van der Waals surface area contributed by atoms with E-state index in [9.17, 15) is 9.59 Å². The van der Waals surface area contributed by atoms with Gasteiger partial charge in [0.1, 0.15) is 17.5 Å². The van der Waals surface area contributed by atoms with Crippen LogP contribution in [0.1, 0.15) is 58.1 Å². The number of carbonyl (C=O) groups excluding carboxylic acids is 2. The van der Waals surface area contributed by atoms with Crippen molar-refractivity contribution >= 4 is 17.8 Å². The van der Waals surface area contributed by atoms with Crippen molar-refractivity contribution in [3.63, 3.8) is 0 Å². The Bertz CT molecular complexity index is 1190. The molecule has 2 aromatic rings. The summed E-state index contributed by atoms with van der Waals surface area (Å²) in [6.45, 7) is 7.76. The Morgan fingerprint density at radius 3 is 2.45 bits per heavy atom. The fourth-order valence-electron chi connectivity index (χ4n) is 4.36. The van der Waals surface area contributed by atoms with Crippen LogP contribution in [0.2, 0.25) is 0 Å². The molecule has 40 heavy (non-hydrogen) atoms. The third-order valence-corrected chi connectivity index (χ3v) is 6.38. The van der Waals surface area contributed by atoms with E-state index in [1.165, 1.54) is 7.11 Å². The minimum absolute atomic E-state index is 0.0186. The summed E-state index contributed by atoms with van der Waals surface area (Å²) in [7, 11) is 3.09.